The van der Waals surface area contributed by atoms with Gasteiger partial charge in [0.15, 0.2) is 11.5 Å². The van der Waals surface area contributed by atoms with Crippen molar-refractivity contribution in [3.63, 3.8) is 0 Å². The third kappa shape index (κ3) is 2.73. The first-order chi connectivity index (χ1) is 8.52. The molecule has 1 aromatic carbocycles. The molecule has 2 amide bonds. The van der Waals surface area contributed by atoms with Crippen molar-refractivity contribution < 1.29 is 19.8 Å². The molecule has 5 nitrogen and oxygen atoms in total. The fraction of sp³-hybridized carbons (Fsp3) is 0.333. The molecule has 3 N–H and O–H groups in total. The Bertz CT molecular complexity index is 472. The fourth-order valence-corrected chi connectivity index (χ4v) is 1.58. The van der Waals surface area contributed by atoms with E-state index in [4.69, 9.17) is 16.7 Å². The standard InChI is InChI=1S/C8H4ClNO4.2C2H6/c9-2-1-3(11)6(12)5-4(2)7(13)10-8(5)14;2*1-2/h1,11-12H,(H,10,13,14);2*1-2H3. The molecule has 1 aliphatic rings. The SMILES string of the molecule is CC.CC.O=C1NC(=O)c2c(O)c(O)cc(Cl)c21. The molecule has 0 atom stereocenters. The number of aromatic hydroxyl groups is 2. The summed E-state index contributed by atoms with van der Waals surface area (Å²) in [6.45, 7) is 8.00. The fourth-order valence-electron chi connectivity index (χ4n) is 1.30. The summed E-state index contributed by atoms with van der Waals surface area (Å²) in [4.78, 5) is 22.3. The zero-order chi connectivity index (χ0) is 14.5. The van der Waals surface area contributed by atoms with Gasteiger partial charge in [-0.05, 0) is 0 Å². The summed E-state index contributed by atoms with van der Waals surface area (Å²) in [6, 6.07) is 1.01. The van der Waals surface area contributed by atoms with Crippen LogP contribution < -0.4 is 5.32 Å². The molecular formula is C12H16ClNO4. The first-order valence-corrected chi connectivity index (χ1v) is 6.00. The lowest BCUT2D eigenvalue weighted by molar-refractivity contribution is 0.0879. The van der Waals surface area contributed by atoms with Crippen molar-refractivity contribution in [3.8, 4) is 11.5 Å². The van der Waals surface area contributed by atoms with Crippen LogP contribution >= 0.6 is 11.6 Å². The Labute approximate surface area is 110 Å². The van der Waals surface area contributed by atoms with E-state index in [2.05, 4.69) is 0 Å². The van der Waals surface area contributed by atoms with Crippen LogP contribution in [0.25, 0.3) is 0 Å². The Morgan fingerprint density at radius 2 is 1.44 bits per heavy atom. The van der Waals surface area contributed by atoms with Gasteiger partial charge >= 0.3 is 0 Å². The van der Waals surface area contributed by atoms with E-state index >= 15 is 0 Å². The Morgan fingerprint density at radius 1 is 1.00 bits per heavy atom. The van der Waals surface area contributed by atoms with Crippen molar-refractivity contribution in [1.82, 2.24) is 5.32 Å². The molecule has 0 unspecified atom stereocenters. The van der Waals surface area contributed by atoms with E-state index < -0.39 is 23.3 Å². The van der Waals surface area contributed by atoms with Gasteiger partial charge in [0.2, 0.25) is 0 Å². The van der Waals surface area contributed by atoms with Gasteiger partial charge in [-0.2, -0.15) is 0 Å². The van der Waals surface area contributed by atoms with Crippen molar-refractivity contribution in [2.75, 3.05) is 0 Å². The van der Waals surface area contributed by atoms with Gasteiger partial charge in [0, 0.05) is 6.07 Å². The van der Waals surface area contributed by atoms with Gasteiger partial charge in [-0.15, -0.1) is 0 Å². The highest BCUT2D eigenvalue weighted by Gasteiger charge is 2.33. The maximum Gasteiger partial charge on any atom is 0.262 e. The number of nitrogens with one attached hydrogen (secondary N) is 1. The van der Waals surface area contributed by atoms with Crippen molar-refractivity contribution >= 4 is 23.4 Å². The van der Waals surface area contributed by atoms with E-state index in [1.807, 2.05) is 33.0 Å². The average Bonchev–Trinajstić information content (AvgIpc) is 2.67. The number of carbonyl (C=O) groups is 2. The highest BCUT2D eigenvalue weighted by atomic mass is 35.5. The number of imide groups is 1. The van der Waals surface area contributed by atoms with E-state index in [0.29, 0.717) is 0 Å². The Hall–Kier alpha value is -1.75. The van der Waals surface area contributed by atoms with Crippen molar-refractivity contribution in [2.24, 2.45) is 0 Å². The summed E-state index contributed by atoms with van der Waals surface area (Å²) in [6.07, 6.45) is 0. The van der Waals surface area contributed by atoms with E-state index in [1.54, 1.807) is 0 Å². The maximum absolute atomic E-state index is 11.2. The third-order valence-corrected chi connectivity index (χ3v) is 2.21. The van der Waals surface area contributed by atoms with Crippen LogP contribution in [0.4, 0.5) is 0 Å². The van der Waals surface area contributed by atoms with Crippen LogP contribution in [0.5, 0.6) is 11.5 Å². The van der Waals surface area contributed by atoms with Crippen LogP contribution in [-0.2, 0) is 0 Å². The summed E-state index contributed by atoms with van der Waals surface area (Å²) in [5, 5.41) is 20.3. The van der Waals surface area contributed by atoms with E-state index in [9.17, 15) is 14.7 Å². The molecule has 0 radical (unpaired) electrons. The minimum atomic E-state index is -0.764. The van der Waals surface area contributed by atoms with Crippen LogP contribution in [0.3, 0.4) is 0 Å². The van der Waals surface area contributed by atoms with Crippen molar-refractivity contribution in [2.45, 2.75) is 27.7 Å². The van der Waals surface area contributed by atoms with Crippen LogP contribution in [0.1, 0.15) is 48.4 Å². The second kappa shape index (κ2) is 6.86. The lowest BCUT2D eigenvalue weighted by Gasteiger charge is -2.02. The van der Waals surface area contributed by atoms with Gasteiger partial charge in [-0.25, -0.2) is 0 Å². The number of phenols is 2. The monoisotopic (exact) mass is 273 g/mol. The lowest BCUT2D eigenvalue weighted by atomic mass is 10.1. The molecule has 0 bridgehead atoms. The number of rotatable bonds is 0. The summed E-state index contributed by atoms with van der Waals surface area (Å²) in [5.74, 6) is -2.60. The average molecular weight is 274 g/mol. The molecule has 18 heavy (non-hydrogen) atoms. The normalized spacial score (nSPS) is 11.6. The van der Waals surface area contributed by atoms with Crippen molar-refractivity contribution in [3.05, 3.63) is 22.2 Å². The molecule has 100 valence electrons. The second-order valence-electron chi connectivity index (χ2n) is 2.76. The summed E-state index contributed by atoms with van der Waals surface area (Å²) in [7, 11) is 0. The Morgan fingerprint density at radius 3 is 1.94 bits per heavy atom. The smallest absolute Gasteiger partial charge is 0.262 e. The number of fused-ring (bicyclic) bond motifs is 1. The number of hydrogen-bond acceptors (Lipinski definition) is 4. The molecule has 0 fully saturated rings. The Kier molecular flexibility index (Phi) is 6.19. The second-order valence-corrected chi connectivity index (χ2v) is 3.17. The molecule has 0 aliphatic carbocycles. The van der Waals surface area contributed by atoms with Gasteiger partial charge in [0.05, 0.1) is 16.1 Å². The minimum absolute atomic E-state index is 0.0707. The van der Waals surface area contributed by atoms with E-state index in [1.165, 1.54) is 0 Å². The largest absolute Gasteiger partial charge is 0.504 e. The van der Waals surface area contributed by atoms with Gasteiger partial charge in [-0.3, -0.25) is 14.9 Å². The molecular weight excluding hydrogens is 258 g/mol. The zero-order valence-corrected chi connectivity index (χ0v) is 11.4. The van der Waals surface area contributed by atoms with Crippen LogP contribution in [0.15, 0.2) is 6.07 Å². The molecule has 0 saturated heterocycles. The van der Waals surface area contributed by atoms with E-state index in [-0.39, 0.29) is 16.1 Å². The highest BCUT2D eigenvalue weighted by Crippen LogP contribution is 2.38. The zero-order valence-electron chi connectivity index (χ0n) is 10.7. The minimum Gasteiger partial charge on any atom is -0.504 e. The van der Waals surface area contributed by atoms with Crippen LogP contribution in [0.2, 0.25) is 5.02 Å². The van der Waals surface area contributed by atoms with Gasteiger partial charge in [-0.1, -0.05) is 39.3 Å². The number of halogens is 1. The quantitative estimate of drug-likeness (QED) is 0.501. The number of phenolic OH excluding ortho intramolecular Hbond substituents is 2. The number of benzene rings is 1. The predicted molar refractivity (Wildman–Crippen MR) is 69.3 cm³/mol. The highest BCUT2D eigenvalue weighted by molar-refractivity contribution is 6.38. The number of amides is 2. The summed E-state index contributed by atoms with van der Waals surface area (Å²) in [5.41, 5.74) is -0.382. The van der Waals surface area contributed by atoms with Crippen molar-refractivity contribution in [1.29, 1.82) is 0 Å². The summed E-state index contributed by atoms with van der Waals surface area (Å²) >= 11 is 5.62. The lowest BCUT2D eigenvalue weighted by Crippen LogP contribution is -2.20. The maximum atomic E-state index is 11.2. The topological polar surface area (TPSA) is 86.6 Å². The first-order valence-electron chi connectivity index (χ1n) is 5.62. The number of hydrogen-bond donors (Lipinski definition) is 3. The number of carbonyl (C=O) groups excluding carboxylic acids is 2. The molecule has 0 saturated carbocycles. The molecule has 1 aromatic rings. The predicted octanol–water partition coefficient (Wildman–Crippen LogP) is 2.69. The summed E-state index contributed by atoms with van der Waals surface area (Å²) < 4.78 is 0. The molecule has 1 aliphatic heterocycles. The molecule has 0 spiro atoms. The molecule has 1 heterocycles. The third-order valence-electron chi connectivity index (χ3n) is 1.91. The Balaban J connectivity index is 0.000000659. The molecule has 2 rings (SSSR count). The first kappa shape index (κ1) is 16.2. The molecule has 0 aromatic heterocycles. The molecule has 6 heteroatoms. The van der Waals surface area contributed by atoms with Crippen LogP contribution in [0, 0.1) is 0 Å². The van der Waals surface area contributed by atoms with Gasteiger partial charge < -0.3 is 10.2 Å². The van der Waals surface area contributed by atoms with Gasteiger partial charge in [0.1, 0.15) is 0 Å². The van der Waals surface area contributed by atoms with Gasteiger partial charge in [0.25, 0.3) is 11.8 Å². The van der Waals surface area contributed by atoms with Crippen LogP contribution in [-0.4, -0.2) is 22.0 Å². The van der Waals surface area contributed by atoms with E-state index in [0.717, 1.165) is 6.07 Å².